The van der Waals surface area contributed by atoms with Crippen molar-refractivity contribution in [3.8, 4) is 0 Å². The molecule has 1 aromatic heterocycles. The van der Waals surface area contributed by atoms with Crippen LogP contribution in [0.3, 0.4) is 0 Å². The molecule has 0 amide bonds. The molecule has 0 aliphatic heterocycles. The first kappa shape index (κ1) is 13.0. The quantitative estimate of drug-likeness (QED) is 0.670. The third-order valence-corrected chi connectivity index (χ3v) is 3.74. The van der Waals surface area contributed by atoms with E-state index >= 15 is 0 Å². The first-order valence-electron chi connectivity index (χ1n) is 5.34. The lowest BCUT2D eigenvalue weighted by molar-refractivity contribution is 0.933. The SMILES string of the molecule is C[C@H](Sc1nc(N)cc(=O)[nH]1)c1ccccc1Cl. The topological polar surface area (TPSA) is 71.8 Å². The molecule has 0 saturated carbocycles. The largest absolute Gasteiger partial charge is 0.383 e. The van der Waals surface area contributed by atoms with Crippen LogP contribution >= 0.6 is 23.4 Å². The van der Waals surface area contributed by atoms with Crippen molar-refractivity contribution >= 4 is 29.2 Å². The minimum absolute atomic E-state index is 0.0728. The van der Waals surface area contributed by atoms with E-state index in [4.69, 9.17) is 17.3 Å². The van der Waals surface area contributed by atoms with E-state index in [9.17, 15) is 4.79 Å². The Kier molecular flexibility index (Phi) is 3.93. The van der Waals surface area contributed by atoms with E-state index in [1.165, 1.54) is 17.8 Å². The second-order valence-electron chi connectivity index (χ2n) is 3.76. The van der Waals surface area contributed by atoms with Crippen LogP contribution in [-0.2, 0) is 0 Å². The smallest absolute Gasteiger partial charge is 0.253 e. The highest BCUT2D eigenvalue weighted by molar-refractivity contribution is 7.99. The lowest BCUT2D eigenvalue weighted by Gasteiger charge is -2.12. The molecule has 0 bridgehead atoms. The number of thioether (sulfide) groups is 1. The van der Waals surface area contributed by atoms with Gasteiger partial charge in [-0.25, -0.2) is 4.98 Å². The molecule has 3 N–H and O–H groups in total. The summed E-state index contributed by atoms with van der Waals surface area (Å²) in [5, 5.41) is 1.26. The molecule has 1 aromatic carbocycles. The van der Waals surface area contributed by atoms with Gasteiger partial charge in [-0.1, -0.05) is 41.6 Å². The van der Waals surface area contributed by atoms with Gasteiger partial charge < -0.3 is 10.7 Å². The number of nitrogens with zero attached hydrogens (tertiary/aromatic N) is 1. The molecule has 0 saturated heterocycles. The van der Waals surface area contributed by atoms with Gasteiger partial charge >= 0.3 is 0 Å². The standard InChI is InChI=1S/C12H12ClN3OS/c1-7(8-4-2-3-5-9(8)13)18-12-15-10(14)6-11(17)16-12/h2-7H,1H3,(H3,14,15,16,17)/t7-/m0/s1. The van der Waals surface area contributed by atoms with Crippen LogP contribution in [0.15, 0.2) is 40.3 Å². The normalized spacial score (nSPS) is 12.3. The number of halogens is 1. The Morgan fingerprint density at radius 3 is 2.83 bits per heavy atom. The van der Waals surface area contributed by atoms with Crippen LogP contribution in [0.1, 0.15) is 17.7 Å². The van der Waals surface area contributed by atoms with Crippen molar-refractivity contribution in [2.75, 3.05) is 5.73 Å². The molecule has 0 aliphatic carbocycles. The molecule has 2 rings (SSSR count). The van der Waals surface area contributed by atoms with Crippen molar-refractivity contribution < 1.29 is 0 Å². The molecule has 2 aromatic rings. The van der Waals surface area contributed by atoms with E-state index in [1.807, 2.05) is 31.2 Å². The van der Waals surface area contributed by atoms with E-state index in [0.29, 0.717) is 10.2 Å². The molecule has 0 spiro atoms. The van der Waals surface area contributed by atoms with Crippen LogP contribution in [0.2, 0.25) is 5.02 Å². The highest BCUT2D eigenvalue weighted by Gasteiger charge is 2.12. The summed E-state index contributed by atoms with van der Waals surface area (Å²) in [6.45, 7) is 2.00. The van der Waals surface area contributed by atoms with Crippen LogP contribution in [0.4, 0.5) is 5.82 Å². The molecular formula is C12H12ClN3OS. The summed E-state index contributed by atoms with van der Waals surface area (Å²) in [4.78, 5) is 18.0. The van der Waals surface area contributed by atoms with Gasteiger partial charge in [0.15, 0.2) is 5.16 Å². The summed E-state index contributed by atoms with van der Waals surface area (Å²) >= 11 is 7.53. The molecule has 0 unspecified atom stereocenters. The number of hydrogen-bond donors (Lipinski definition) is 2. The summed E-state index contributed by atoms with van der Waals surface area (Å²) in [5.41, 5.74) is 6.27. The lowest BCUT2D eigenvalue weighted by atomic mass is 10.2. The van der Waals surface area contributed by atoms with E-state index in [1.54, 1.807) is 0 Å². The third-order valence-electron chi connectivity index (χ3n) is 2.37. The number of nitrogen functional groups attached to an aromatic ring is 1. The van der Waals surface area contributed by atoms with Gasteiger partial charge in [-0.2, -0.15) is 0 Å². The fourth-order valence-corrected chi connectivity index (χ4v) is 2.89. The van der Waals surface area contributed by atoms with Crippen molar-refractivity contribution in [3.05, 3.63) is 51.3 Å². The maximum Gasteiger partial charge on any atom is 0.253 e. The van der Waals surface area contributed by atoms with Gasteiger partial charge in [-0.15, -0.1) is 0 Å². The summed E-state index contributed by atoms with van der Waals surface area (Å²) in [6, 6.07) is 8.84. The molecule has 1 atom stereocenters. The number of rotatable bonds is 3. The Labute approximate surface area is 114 Å². The summed E-state index contributed by atoms with van der Waals surface area (Å²) < 4.78 is 0. The van der Waals surface area contributed by atoms with Gasteiger partial charge in [0, 0.05) is 16.3 Å². The highest BCUT2D eigenvalue weighted by Crippen LogP contribution is 2.35. The first-order valence-corrected chi connectivity index (χ1v) is 6.60. The minimum atomic E-state index is -0.253. The van der Waals surface area contributed by atoms with E-state index in [-0.39, 0.29) is 16.6 Å². The van der Waals surface area contributed by atoms with Crippen molar-refractivity contribution in [3.63, 3.8) is 0 Å². The van der Waals surface area contributed by atoms with Gasteiger partial charge in [0.1, 0.15) is 5.82 Å². The van der Waals surface area contributed by atoms with Crippen LogP contribution in [-0.4, -0.2) is 9.97 Å². The van der Waals surface area contributed by atoms with E-state index in [2.05, 4.69) is 9.97 Å². The zero-order valence-corrected chi connectivity index (χ0v) is 11.3. The first-order chi connectivity index (χ1) is 8.56. The second-order valence-corrected chi connectivity index (χ2v) is 5.49. The van der Waals surface area contributed by atoms with E-state index < -0.39 is 0 Å². The maximum absolute atomic E-state index is 11.3. The van der Waals surface area contributed by atoms with Gasteiger partial charge in [0.05, 0.1) is 0 Å². The van der Waals surface area contributed by atoms with Gasteiger partial charge in [-0.3, -0.25) is 4.79 Å². The van der Waals surface area contributed by atoms with Crippen LogP contribution < -0.4 is 11.3 Å². The predicted octanol–water partition coefficient (Wildman–Crippen LogP) is 2.86. The summed E-state index contributed by atoms with van der Waals surface area (Å²) in [7, 11) is 0. The fourth-order valence-electron chi connectivity index (χ4n) is 1.54. The fraction of sp³-hybridized carbons (Fsp3) is 0.167. The number of nitrogens with two attached hydrogens (primary N) is 1. The Morgan fingerprint density at radius 1 is 1.44 bits per heavy atom. The number of benzene rings is 1. The highest BCUT2D eigenvalue weighted by atomic mass is 35.5. The number of H-pyrrole nitrogens is 1. The van der Waals surface area contributed by atoms with Crippen LogP contribution in [0.25, 0.3) is 0 Å². The maximum atomic E-state index is 11.3. The number of aromatic nitrogens is 2. The summed E-state index contributed by atoms with van der Waals surface area (Å²) in [5.74, 6) is 0.215. The Morgan fingerprint density at radius 2 is 2.17 bits per heavy atom. The van der Waals surface area contributed by atoms with Gasteiger partial charge in [0.2, 0.25) is 0 Å². The average molecular weight is 282 g/mol. The molecule has 0 aliphatic rings. The van der Waals surface area contributed by atoms with Crippen LogP contribution in [0, 0.1) is 0 Å². The molecular weight excluding hydrogens is 270 g/mol. The molecule has 0 fully saturated rings. The van der Waals surface area contributed by atoms with Gasteiger partial charge in [0.25, 0.3) is 5.56 Å². The molecule has 18 heavy (non-hydrogen) atoms. The van der Waals surface area contributed by atoms with Crippen LogP contribution in [0.5, 0.6) is 0 Å². The Hall–Kier alpha value is -1.46. The Bertz CT molecular complexity index is 614. The molecule has 6 heteroatoms. The number of hydrogen-bond acceptors (Lipinski definition) is 4. The number of anilines is 1. The predicted molar refractivity (Wildman–Crippen MR) is 75.0 cm³/mol. The van der Waals surface area contributed by atoms with Crippen molar-refractivity contribution in [2.45, 2.75) is 17.3 Å². The van der Waals surface area contributed by atoms with E-state index in [0.717, 1.165) is 5.56 Å². The lowest BCUT2D eigenvalue weighted by Crippen LogP contribution is -2.09. The molecule has 0 radical (unpaired) electrons. The Balaban J connectivity index is 2.24. The van der Waals surface area contributed by atoms with Crippen molar-refractivity contribution in [2.24, 2.45) is 0 Å². The van der Waals surface area contributed by atoms with Crippen molar-refractivity contribution in [1.82, 2.24) is 9.97 Å². The zero-order valence-electron chi connectivity index (χ0n) is 9.68. The molecule has 1 heterocycles. The molecule has 94 valence electrons. The minimum Gasteiger partial charge on any atom is -0.383 e. The second kappa shape index (κ2) is 5.46. The third kappa shape index (κ3) is 3.05. The van der Waals surface area contributed by atoms with Crippen molar-refractivity contribution in [1.29, 1.82) is 0 Å². The zero-order chi connectivity index (χ0) is 13.1. The molecule has 4 nitrogen and oxygen atoms in total. The van der Waals surface area contributed by atoms with Gasteiger partial charge in [-0.05, 0) is 18.6 Å². The summed E-state index contributed by atoms with van der Waals surface area (Å²) in [6.07, 6.45) is 0. The number of nitrogens with one attached hydrogen (secondary N) is 1. The number of aromatic amines is 1. The monoisotopic (exact) mass is 281 g/mol. The average Bonchev–Trinajstić information content (AvgIpc) is 2.27.